The Morgan fingerprint density at radius 1 is 0.837 bits per heavy atom. The number of aliphatic hydroxyl groups excluding tert-OH is 4. The largest absolute Gasteiger partial charge is 0.504 e. The van der Waals surface area contributed by atoms with Crippen LogP contribution in [-0.2, 0) is 44.4 Å². The molecule has 0 amide bonds. The Balaban J connectivity index is 1.54. The second-order valence-corrected chi connectivity index (χ2v) is 11.4. The first-order valence-electron chi connectivity index (χ1n) is 15.4. The van der Waals surface area contributed by atoms with Crippen LogP contribution >= 0.6 is 0 Å². The lowest BCUT2D eigenvalue weighted by molar-refractivity contribution is -0.357. The number of esters is 2. The zero-order valence-corrected chi connectivity index (χ0v) is 27.3. The van der Waals surface area contributed by atoms with Gasteiger partial charge in [-0.15, -0.1) is 0 Å². The molecule has 0 aromatic heterocycles. The van der Waals surface area contributed by atoms with Gasteiger partial charge in [-0.05, 0) is 54.8 Å². The second-order valence-electron chi connectivity index (χ2n) is 11.4. The summed E-state index contributed by atoms with van der Waals surface area (Å²) in [6.07, 6.45) is -12.1. The van der Waals surface area contributed by atoms with Crippen LogP contribution in [0.2, 0.25) is 0 Å². The highest BCUT2D eigenvalue weighted by molar-refractivity contribution is 5.87. The van der Waals surface area contributed by atoms with Crippen molar-refractivity contribution in [1.29, 1.82) is 0 Å². The van der Waals surface area contributed by atoms with Gasteiger partial charge < -0.3 is 68.5 Å². The zero-order chi connectivity index (χ0) is 35.8. The first-order chi connectivity index (χ1) is 23.4. The minimum absolute atomic E-state index is 0.0377. The SMILES string of the molecule is COc1ccc(CCO[C@@H]2O[C@H](CO)[C@@H](OC(=O)/C=C/c3ccc(O)c(OC)c3)[C@H](O[C@@H]3O[C@@H](C)[C@H](OC(C)=O)[C@@H](O)[C@H]3O)[C@H]2O)cc1O. The van der Waals surface area contributed by atoms with Crippen LogP contribution in [-0.4, -0.2) is 131 Å². The average Bonchev–Trinajstić information content (AvgIpc) is 3.07. The monoisotopic (exact) mass is 694 g/mol. The molecule has 4 rings (SSSR count). The molecule has 2 fully saturated rings. The normalized spacial score (nSPS) is 30.1. The number of phenolic OH excluding ortho intramolecular Hbond substituents is 2. The average molecular weight is 695 g/mol. The Kier molecular flexibility index (Phi) is 13.2. The van der Waals surface area contributed by atoms with Crippen LogP contribution in [0, 0.1) is 0 Å². The summed E-state index contributed by atoms with van der Waals surface area (Å²) in [7, 11) is 2.78. The fourth-order valence-corrected chi connectivity index (χ4v) is 5.42. The molecule has 2 aliphatic rings. The minimum atomic E-state index is -1.79. The highest BCUT2D eigenvalue weighted by atomic mass is 16.7. The molecule has 2 aromatic carbocycles. The van der Waals surface area contributed by atoms with Gasteiger partial charge >= 0.3 is 11.9 Å². The molecule has 0 unspecified atom stereocenters. The van der Waals surface area contributed by atoms with Gasteiger partial charge in [0.15, 0.2) is 47.8 Å². The summed E-state index contributed by atoms with van der Waals surface area (Å²) in [6.45, 7) is 1.84. The highest BCUT2D eigenvalue weighted by Crippen LogP contribution is 2.33. The van der Waals surface area contributed by atoms with E-state index < -0.39 is 80.0 Å². The fraction of sp³-hybridized carbons (Fsp3) is 0.515. The van der Waals surface area contributed by atoms with Gasteiger partial charge in [0.25, 0.3) is 0 Å². The van der Waals surface area contributed by atoms with E-state index in [9.17, 15) is 40.2 Å². The fourth-order valence-electron chi connectivity index (χ4n) is 5.42. The van der Waals surface area contributed by atoms with E-state index in [1.807, 2.05) is 0 Å². The number of phenols is 2. The van der Waals surface area contributed by atoms with Crippen molar-refractivity contribution in [2.24, 2.45) is 0 Å². The molecule has 6 N–H and O–H groups in total. The van der Waals surface area contributed by atoms with Gasteiger partial charge in [-0.1, -0.05) is 12.1 Å². The number of methoxy groups -OCH3 is 2. The third-order valence-electron chi connectivity index (χ3n) is 7.95. The van der Waals surface area contributed by atoms with E-state index in [2.05, 4.69) is 0 Å². The summed E-state index contributed by atoms with van der Waals surface area (Å²) in [4.78, 5) is 24.6. The molecule has 2 heterocycles. The van der Waals surface area contributed by atoms with Crippen LogP contribution in [0.15, 0.2) is 42.5 Å². The first-order valence-corrected chi connectivity index (χ1v) is 15.4. The Morgan fingerprint density at radius 2 is 1.57 bits per heavy atom. The van der Waals surface area contributed by atoms with Crippen LogP contribution in [0.4, 0.5) is 0 Å². The number of aromatic hydroxyl groups is 2. The van der Waals surface area contributed by atoms with Gasteiger partial charge in [-0.25, -0.2) is 4.79 Å². The van der Waals surface area contributed by atoms with E-state index in [1.165, 1.54) is 51.5 Å². The maximum atomic E-state index is 13.0. The molecule has 16 heteroatoms. The molecule has 2 aliphatic heterocycles. The van der Waals surface area contributed by atoms with Crippen molar-refractivity contribution in [3.8, 4) is 23.0 Å². The minimum Gasteiger partial charge on any atom is -0.504 e. The Hall–Kier alpha value is -4.00. The van der Waals surface area contributed by atoms with Crippen molar-refractivity contribution in [2.45, 2.75) is 81.7 Å². The molecular formula is C33H42O16. The topological polar surface area (TPSA) is 229 Å². The van der Waals surface area contributed by atoms with Gasteiger partial charge in [0.2, 0.25) is 0 Å². The molecule has 0 saturated carbocycles. The third kappa shape index (κ3) is 9.37. The predicted molar refractivity (Wildman–Crippen MR) is 166 cm³/mol. The van der Waals surface area contributed by atoms with E-state index in [1.54, 1.807) is 12.1 Å². The summed E-state index contributed by atoms with van der Waals surface area (Å²) < 4.78 is 44.1. The van der Waals surface area contributed by atoms with Crippen LogP contribution in [0.3, 0.4) is 0 Å². The van der Waals surface area contributed by atoms with Gasteiger partial charge in [-0.3, -0.25) is 4.79 Å². The second kappa shape index (κ2) is 17.1. The maximum absolute atomic E-state index is 13.0. The van der Waals surface area contributed by atoms with Crippen molar-refractivity contribution < 1.29 is 78.1 Å². The van der Waals surface area contributed by atoms with Crippen LogP contribution in [0.5, 0.6) is 23.0 Å². The van der Waals surface area contributed by atoms with E-state index in [-0.39, 0.29) is 36.0 Å². The Bertz CT molecular complexity index is 1450. The van der Waals surface area contributed by atoms with E-state index in [4.69, 9.17) is 37.9 Å². The summed E-state index contributed by atoms with van der Waals surface area (Å²) in [5.74, 6) is -1.39. The standard InChI is InChI=1S/C33H42O16/c1-16-29(46-17(2)35)26(39)27(40)33(45-16)49-31-28(41)32(44-12-11-19-6-9-22(42-3)21(37)13-19)47-24(15-34)30(31)48-25(38)10-7-18-5-8-20(36)23(14-18)43-4/h5-10,13-14,16,24,26-34,36-37,39-41H,11-12,15H2,1-4H3/b10-7+/t16-,24+,26-,27+,28+,29-,30+,31+,32+,33-/m0/s1. The van der Waals surface area contributed by atoms with Gasteiger partial charge in [0.1, 0.15) is 30.5 Å². The maximum Gasteiger partial charge on any atom is 0.331 e. The molecule has 2 aromatic rings. The van der Waals surface area contributed by atoms with E-state index >= 15 is 0 Å². The number of hydrogen-bond donors (Lipinski definition) is 6. The number of rotatable bonds is 13. The number of carbonyl (C=O) groups excluding carboxylic acids is 2. The molecule has 270 valence electrons. The van der Waals surface area contributed by atoms with Gasteiger partial charge in [0, 0.05) is 13.0 Å². The number of carbonyl (C=O) groups is 2. The Labute approximate surface area is 281 Å². The summed E-state index contributed by atoms with van der Waals surface area (Å²) in [5, 5.41) is 63.2. The third-order valence-corrected chi connectivity index (χ3v) is 7.95. The lowest BCUT2D eigenvalue weighted by Gasteiger charge is -2.46. The number of ether oxygens (including phenoxy) is 8. The lowest BCUT2D eigenvalue weighted by Crippen LogP contribution is -2.65. The zero-order valence-electron chi connectivity index (χ0n) is 27.3. The predicted octanol–water partition coefficient (Wildman–Crippen LogP) is 0.161. The number of benzene rings is 2. The molecular weight excluding hydrogens is 652 g/mol. The summed E-state index contributed by atoms with van der Waals surface area (Å²) >= 11 is 0. The van der Waals surface area contributed by atoms with Crippen molar-refractivity contribution in [3.05, 3.63) is 53.6 Å². The highest BCUT2D eigenvalue weighted by Gasteiger charge is 2.53. The molecule has 0 bridgehead atoms. The van der Waals surface area contributed by atoms with Crippen LogP contribution < -0.4 is 9.47 Å². The smallest absolute Gasteiger partial charge is 0.331 e. The van der Waals surface area contributed by atoms with Crippen molar-refractivity contribution >= 4 is 18.0 Å². The molecule has 2 saturated heterocycles. The molecule has 0 radical (unpaired) electrons. The molecule has 10 atom stereocenters. The summed E-state index contributed by atoms with van der Waals surface area (Å²) in [6, 6.07) is 9.13. The van der Waals surface area contributed by atoms with E-state index in [0.29, 0.717) is 11.1 Å². The lowest BCUT2D eigenvalue weighted by atomic mass is 9.96. The quantitative estimate of drug-likeness (QED) is 0.121. The van der Waals surface area contributed by atoms with Gasteiger partial charge in [-0.2, -0.15) is 0 Å². The molecule has 0 spiro atoms. The van der Waals surface area contributed by atoms with Gasteiger partial charge in [0.05, 0.1) is 33.5 Å². The Morgan fingerprint density at radius 3 is 2.22 bits per heavy atom. The number of aliphatic hydroxyl groups is 4. The van der Waals surface area contributed by atoms with Crippen LogP contribution in [0.25, 0.3) is 6.08 Å². The van der Waals surface area contributed by atoms with E-state index in [0.717, 1.165) is 13.0 Å². The van der Waals surface area contributed by atoms with Crippen LogP contribution in [0.1, 0.15) is 25.0 Å². The molecule has 16 nitrogen and oxygen atoms in total. The van der Waals surface area contributed by atoms with Crippen molar-refractivity contribution in [2.75, 3.05) is 27.4 Å². The molecule has 0 aliphatic carbocycles. The van der Waals surface area contributed by atoms with Crippen molar-refractivity contribution in [1.82, 2.24) is 0 Å². The first kappa shape index (κ1) is 37.8. The molecule has 49 heavy (non-hydrogen) atoms. The number of hydrogen-bond acceptors (Lipinski definition) is 16. The van der Waals surface area contributed by atoms with Crippen molar-refractivity contribution in [3.63, 3.8) is 0 Å². The summed E-state index contributed by atoms with van der Waals surface area (Å²) in [5.41, 5.74) is 1.14.